The minimum absolute atomic E-state index is 0.000424. The van der Waals surface area contributed by atoms with Crippen LogP contribution in [0.2, 0.25) is 0 Å². The van der Waals surface area contributed by atoms with Gasteiger partial charge in [-0.05, 0) is 36.7 Å². The molecule has 1 aromatic carbocycles. The summed E-state index contributed by atoms with van der Waals surface area (Å²) in [5.74, 6) is -5.38. The zero-order chi connectivity index (χ0) is 34.9. The maximum Gasteiger partial charge on any atom is 0.332 e. The lowest BCUT2D eigenvalue weighted by Gasteiger charge is -2.29. The summed E-state index contributed by atoms with van der Waals surface area (Å²) in [6.07, 6.45) is 0.0497. The number of cyclic esters (lactones) is 2. The van der Waals surface area contributed by atoms with Crippen LogP contribution < -0.4 is 14.8 Å². The molecule has 0 saturated carbocycles. The summed E-state index contributed by atoms with van der Waals surface area (Å²) in [4.78, 5) is 70.0. The average Bonchev–Trinajstić information content (AvgIpc) is 3.02. The van der Waals surface area contributed by atoms with Crippen LogP contribution in [-0.4, -0.2) is 66.7 Å². The Morgan fingerprint density at radius 3 is 2.34 bits per heavy atom. The molecule has 47 heavy (non-hydrogen) atoms. The van der Waals surface area contributed by atoms with Crippen LogP contribution >= 0.6 is 0 Å². The summed E-state index contributed by atoms with van der Waals surface area (Å²) in [5, 5.41) is 2.49. The Balaban J connectivity index is 1.85. The van der Waals surface area contributed by atoms with E-state index in [1.807, 2.05) is 37.3 Å². The van der Waals surface area contributed by atoms with E-state index in [-0.39, 0.29) is 41.4 Å². The SMILES string of the molecule is COc1ccnc(C(=O)N[C@H]2COC(=O)[C@H](Cc3ccccc3)[C@@H](OC(=O)C(C)C)[C@H](C)OC2=O)c1OC(=O)CC(C)CC(C)(C)C. The summed E-state index contributed by atoms with van der Waals surface area (Å²) in [5.41, 5.74) is 0.459. The first-order valence-electron chi connectivity index (χ1n) is 15.8. The van der Waals surface area contributed by atoms with E-state index in [1.165, 1.54) is 26.3 Å². The standard InChI is InChI=1S/C35H46N2O10/c1-20(2)32(40)47-29-22(4)45-34(42)25(19-44-33(41)24(29)17-23-12-10-9-11-13-23)37-31(39)28-30(26(43-8)14-15-36-28)46-27(38)16-21(3)18-35(5,6)7/h9-15,20-22,24-25,29H,16-19H2,1-8H3,(H,37,39)/t21?,22-,24+,25-,29-/m0/s1. The van der Waals surface area contributed by atoms with Crippen LogP contribution in [0.4, 0.5) is 0 Å². The Labute approximate surface area is 275 Å². The molecule has 1 aliphatic heterocycles. The quantitative estimate of drug-likeness (QED) is 0.269. The summed E-state index contributed by atoms with van der Waals surface area (Å²) < 4.78 is 27.8. The van der Waals surface area contributed by atoms with Crippen LogP contribution in [-0.2, 0) is 39.8 Å². The van der Waals surface area contributed by atoms with E-state index in [1.54, 1.807) is 13.8 Å². The van der Waals surface area contributed by atoms with Gasteiger partial charge in [0.05, 0.1) is 13.0 Å². The second kappa shape index (κ2) is 16.4. The fourth-order valence-electron chi connectivity index (χ4n) is 5.39. The lowest BCUT2D eigenvalue weighted by molar-refractivity contribution is -0.176. The minimum Gasteiger partial charge on any atom is -0.493 e. The summed E-state index contributed by atoms with van der Waals surface area (Å²) in [6.45, 7) is 12.4. The summed E-state index contributed by atoms with van der Waals surface area (Å²) >= 11 is 0. The molecule has 3 rings (SSSR count). The highest BCUT2D eigenvalue weighted by molar-refractivity contribution is 5.99. The van der Waals surface area contributed by atoms with Gasteiger partial charge in [-0.3, -0.25) is 19.2 Å². The van der Waals surface area contributed by atoms with Crippen molar-refractivity contribution in [2.75, 3.05) is 13.7 Å². The predicted molar refractivity (Wildman–Crippen MR) is 170 cm³/mol. The average molecular weight is 655 g/mol. The number of esters is 4. The van der Waals surface area contributed by atoms with E-state index < -0.39 is 66.5 Å². The van der Waals surface area contributed by atoms with E-state index in [0.29, 0.717) is 0 Å². The second-order valence-corrected chi connectivity index (χ2v) is 13.4. The number of hydrogen-bond donors (Lipinski definition) is 1. The van der Waals surface area contributed by atoms with Gasteiger partial charge in [0.2, 0.25) is 5.75 Å². The van der Waals surface area contributed by atoms with Crippen molar-refractivity contribution in [3.05, 3.63) is 53.9 Å². The van der Waals surface area contributed by atoms with Crippen molar-refractivity contribution in [3.8, 4) is 11.5 Å². The van der Waals surface area contributed by atoms with Gasteiger partial charge in [-0.2, -0.15) is 0 Å². The highest BCUT2D eigenvalue weighted by Gasteiger charge is 2.42. The zero-order valence-electron chi connectivity index (χ0n) is 28.4. The third-order valence-corrected chi connectivity index (χ3v) is 7.46. The lowest BCUT2D eigenvalue weighted by Crippen LogP contribution is -2.47. The van der Waals surface area contributed by atoms with Crippen LogP contribution in [0.15, 0.2) is 42.6 Å². The second-order valence-electron chi connectivity index (χ2n) is 13.4. The van der Waals surface area contributed by atoms with Gasteiger partial charge in [-0.1, -0.05) is 71.9 Å². The molecule has 1 aromatic heterocycles. The Morgan fingerprint density at radius 1 is 1.04 bits per heavy atom. The van der Waals surface area contributed by atoms with Gasteiger partial charge in [0, 0.05) is 18.7 Å². The summed E-state index contributed by atoms with van der Waals surface area (Å²) in [7, 11) is 1.35. The number of amides is 1. The van der Waals surface area contributed by atoms with Gasteiger partial charge >= 0.3 is 23.9 Å². The van der Waals surface area contributed by atoms with Crippen LogP contribution in [0.5, 0.6) is 11.5 Å². The van der Waals surface area contributed by atoms with E-state index in [9.17, 15) is 24.0 Å². The van der Waals surface area contributed by atoms with Crippen LogP contribution in [0.25, 0.3) is 0 Å². The fourth-order valence-corrected chi connectivity index (χ4v) is 5.39. The van der Waals surface area contributed by atoms with Gasteiger partial charge in [-0.15, -0.1) is 0 Å². The normalized spacial score (nSPS) is 20.9. The van der Waals surface area contributed by atoms with Crippen molar-refractivity contribution in [1.29, 1.82) is 0 Å². The molecule has 1 amide bonds. The van der Waals surface area contributed by atoms with Crippen molar-refractivity contribution in [3.63, 3.8) is 0 Å². The molecular formula is C35H46N2O10. The smallest absolute Gasteiger partial charge is 0.332 e. The molecule has 1 aliphatic rings. The number of carbonyl (C=O) groups is 5. The Hall–Kier alpha value is -4.48. The largest absolute Gasteiger partial charge is 0.493 e. The highest BCUT2D eigenvalue weighted by Crippen LogP contribution is 2.32. The number of carbonyl (C=O) groups excluding carboxylic acids is 5. The van der Waals surface area contributed by atoms with Crippen molar-refractivity contribution in [2.45, 2.75) is 86.0 Å². The number of nitrogens with zero attached hydrogens (tertiary/aromatic N) is 1. The van der Waals surface area contributed by atoms with E-state index in [4.69, 9.17) is 23.7 Å². The van der Waals surface area contributed by atoms with Gasteiger partial charge < -0.3 is 29.0 Å². The maximum atomic E-state index is 13.5. The zero-order valence-corrected chi connectivity index (χ0v) is 28.4. The number of nitrogens with one attached hydrogen (secondary N) is 1. The van der Waals surface area contributed by atoms with Crippen molar-refractivity contribution < 1.29 is 47.7 Å². The van der Waals surface area contributed by atoms with E-state index >= 15 is 0 Å². The number of ether oxygens (including phenoxy) is 5. The number of aromatic nitrogens is 1. The van der Waals surface area contributed by atoms with Gasteiger partial charge in [-0.25, -0.2) is 9.78 Å². The van der Waals surface area contributed by atoms with Crippen LogP contribution in [0.1, 0.15) is 77.4 Å². The van der Waals surface area contributed by atoms with Crippen LogP contribution in [0.3, 0.4) is 0 Å². The Morgan fingerprint density at radius 2 is 1.72 bits per heavy atom. The highest BCUT2D eigenvalue weighted by atomic mass is 16.6. The Kier molecular flexibility index (Phi) is 12.9. The molecular weight excluding hydrogens is 608 g/mol. The molecule has 0 bridgehead atoms. The fraction of sp³-hybridized carbons (Fsp3) is 0.543. The molecule has 0 aliphatic carbocycles. The maximum absolute atomic E-state index is 13.5. The first kappa shape index (κ1) is 37.0. The topological polar surface area (TPSA) is 156 Å². The third-order valence-electron chi connectivity index (χ3n) is 7.46. The number of hydrogen-bond acceptors (Lipinski definition) is 11. The van der Waals surface area contributed by atoms with Crippen molar-refractivity contribution in [1.82, 2.24) is 10.3 Å². The molecule has 0 radical (unpaired) electrons. The molecule has 1 unspecified atom stereocenters. The molecule has 256 valence electrons. The molecule has 12 heteroatoms. The molecule has 1 N–H and O–H groups in total. The third kappa shape index (κ3) is 10.8. The molecule has 12 nitrogen and oxygen atoms in total. The Bertz CT molecular complexity index is 1420. The first-order chi connectivity index (χ1) is 22.1. The molecule has 5 atom stereocenters. The van der Waals surface area contributed by atoms with Crippen molar-refractivity contribution in [2.24, 2.45) is 23.2 Å². The number of rotatable bonds is 11. The molecule has 2 aromatic rings. The van der Waals surface area contributed by atoms with Crippen molar-refractivity contribution >= 4 is 29.8 Å². The number of benzene rings is 1. The van der Waals surface area contributed by atoms with Gasteiger partial charge in [0.15, 0.2) is 23.6 Å². The predicted octanol–water partition coefficient (Wildman–Crippen LogP) is 4.47. The van der Waals surface area contributed by atoms with Gasteiger partial charge in [0.1, 0.15) is 18.6 Å². The lowest BCUT2D eigenvalue weighted by atomic mass is 9.84. The summed E-state index contributed by atoms with van der Waals surface area (Å²) in [6, 6.07) is 9.05. The number of pyridine rings is 1. The minimum atomic E-state index is -1.46. The van der Waals surface area contributed by atoms with E-state index in [0.717, 1.165) is 12.0 Å². The van der Waals surface area contributed by atoms with E-state index in [2.05, 4.69) is 31.1 Å². The molecule has 2 heterocycles. The molecule has 1 fully saturated rings. The number of methoxy groups -OCH3 is 1. The molecule has 0 spiro atoms. The van der Waals surface area contributed by atoms with Crippen LogP contribution in [0, 0.1) is 23.2 Å². The first-order valence-corrected chi connectivity index (χ1v) is 15.8. The van der Waals surface area contributed by atoms with Gasteiger partial charge in [0.25, 0.3) is 5.91 Å². The monoisotopic (exact) mass is 654 g/mol. The molecule has 1 saturated heterocycles.